The zero-order valence-electron chi connectivity index (χ0n) is 9.14. The summed E-state index contributed by atoms with van der Waals surface area (Å²) in [4.78, 5) is 4.28. The highest BCUT2D eigenvalue weighted by atomic mass is 32.1. The highest BCUT2D eigenvalue weighted by Crippen LogP contribution is 2.13. The molecule has 1 N–H and O–H groups in total. The molecule has 0 fully saturated rings. The Morgan fingerprint density at radius 3 is 2.94 bits per heavy atom. The Labute approximate surface area is 99.1 Å². The Morgan fingerprint density at radius 1 is 1.38 bits per heavy atom. The van der Waals surface area contributed by atoms with Crippen LogP contribution >= 0.6 is 11.3 Å². The highest BCUT2D eigenvalue weighted by Gasteiger charge is 1.97. The smallest absolute Gasteiger partial charge is 0.138 e. The normalized spacial score (nSPS) is 10.3. The van der Waals surface area contributed by atoms with Crippen LogP contribution in [-0.4, -0.2) is 12.0 Å². The van der Waals surface area contributed by atoms with Crippen molar-refractivity contribution in [2.75, 3.05) is 7.05 Å². The second-order valence-electron chi connectivity index (χ2n) is 3.44. The summed E-state index contributed by atoms with van der Waals surface area (Å²) in [6, 6.07) is 5.99. The fraction of sp³-hybridized carbons (Fsp3) is 0.250. The van der Waals surface area contributed by atoms with Gasteiger partial charge in [0.2, 0.25) is 0 Å². The number of rotatable bonds is 5. The molecule has 2 heterocycles. The predicted octanol–water partition coefficient (Wildman–Crippen LogP) is 2.44. The molecule has 3 nitrogen and oxygen atoms in total. The number of aromatic nitrogens is 1. The molecular weight excluding hydrogens is 220 g/mol. The van der Waals surface area contributed by atoms with Crippen LogP contribution in [0.15, 0.2) is 35.2 Å². The number of thiophene rings is 1. The molecule has 2 aromatic rings. The lowest BCUT2D eigenvalue weighted by Crippen LogP contribution is -2.06. The first kappa shape index (κ1) is 11.1. The fourth-order valence-electron chi connectivity index (χ4n) is 1.32. The minimum absolute atomic E-state index is 0.608. The average molecular weight is 234 g/mol. The highest BCUT2D eigenvalue weighted by molar-refractivity contribution is 7.07. The van der Waals surface area contributed by atoms with E-state index in [-0.39, 0.29) is 0 Å². The number of ether oxygens (including phenoxy) is 1. The molecule has 2 aromatic heterocycles. The third kappa shape index (κ3) is 3.05. The zero-order chi connectivity index (χ0) is 11.2. The van der Waals surface area contributed by atoms with Gasteiger partial charge in [-0.15, -0.1) is 0 Å². The molecule has 2 rings (SSSR count). The maximum absolute atomic E-state index is 5.61. The van der Waals surface area contributed by atoms with Crippen LogP contribution in [-0.2, 0) is 13.2 Å². The van der Waals surface area contributed by atoms with Gasteiger partial charge in [-0.1, -0.05) is 0 Å². The average Bonchev–Trinajstić information content (AvgIpc) is 2.82. The second kappa shape index (κ2) is 5.63. The number of hydrogen-bond donors (Lipinski definition) is 1. The molecule has 0 unspecified atom stereocenters. The molecule has 0 amide bonds. The van der Waals surface area contributed by atoms with Gasteiger partial charge >= 0.3 is 0 Å². The first-order chi connectivity index (χ1) is 7.88. The topological polar surface area (TPSA) is 34.1 Å². The van der Waals surface area contributed by atoms with Gasteiger partial charge in [-0.05, 0) is 41.6 Å². The molecule has 0 saturated carbocycles. The van der Waals surface area contributed by atoms with Crippen molar-refractivity contribution < 1.29 is 4.74 Å². The number of nitrogens with one attached hydrogen (secondary N) is 1. The van der Waals surface area contributed by atoms with Crippen molar-refractivity contribution in [2.45, 2.75) is 13.2 Å². The van der Waals surface area contributed by atoms with Gasteiger partial charge in [-0.25, -0.2) is 0 Å². The van der Waals surface area contributed by atoms with E-state index >= 15 is 0 Å². The number of pyridine rings is 1. The summed E-state index contributed by atoms with van der Waals surface area (Å²) in [5.74, 6) is 0.811. The molecule has 0 aliphatic heterocycles. The largest absolute Gasteiger partial charge is 0.487 e. The van der Waals surface area contributed by atoms with Gasteiger partial charge in [-0.3, -0.25) is 4.98 Å². The van der Waals surface area contributed by atoms with Gasteiger partial charge in [-0.2, -0.15) is 11.3 Å². The van der Waals surface area contributed by atoms with Crippen LogP contribution in [0.4, 0.5) is 0 Å². The number of nitrogens with zero attached hydrogens (tertiary/aromatic N) is 1. The summed E-state index contributed by atoms with van der Waals surface area (Å²) < 4.78 is 5.61. The minimum Gasteiger partial charge on any atom is -0.487 e. The van der Waals surface area contributed by atoms with Crippen molar-refractivity contribution in [1.82, 2.24) is 10.3 Å². The summed E-state index contributed by atoms with van der Waals surface area (Å²) in [7, 11) is 1.91. The van der Waals surface area contributed by atoms with Gasteiger partial charge in [0.1, 0.15) is 12.4 Å². The lowest BCUT2D eigenvalue weighted by molar-refractivity contribution is 0.305. The van der Waals surface area contributed by atoms with Crippen LogP contribution in [0.2, 0.25) is 0 Å². The van der Waals surface area contributed by atoms with Crippen LogP contribution in [0, 0.1) is 0 Å². The first-order valence-electron chi connectivity index (χ1n) is 5.12. The van der Waals surface area contributed by atoms with Crippen molar-refractivity contribution in [1.29, 1.82) is 0 Å². The molecule has 0 aliphatic rings. The summed E-state index contributed by atoms with van der Waals surface area (Å²) in [5, 5.41) is 7.19. The third-order valence-electron chi connectivity index (χ3n) is 2.14. The molecule has 0 saturated heterocycles. The first-order valence-corrected chi connectivity index (χ1v) is 6.06. The Hall–Kier alpha value is -1.39. The Kier molecular flexibility index (Phi) is 3.91. The Bertz CT molecular complexity index is 411. The Balaban J connectivity index is 1.90. The van der Waals surface area contributed by atoms with E-state index < -0.39 is 0 Å². The van der Waals surface area contributed by atoms with Crippen LogP contribution < -0.4 is 10.1 Å². The standard InChI is InChI=1S/C12H14N2OS/c1-13-6-11-2-3-12(7-14-11)15-8-10-4-5-16-9-10/h2-5,7,9,13H,6,8H2,1H3. The molecule has 0 aliphatic carbocycles. The predicted molar refractivity (Wildman–Crippen MR) is 65.7 cm³/mol. The molecular formula is C12H14N2OS. The van der Waals surface area contributed by atoms with E-state index in [1.54, 1.807) is 17.5 Å². The molecule has 0 spiro atoms. The van der Waals surface area contributed by atoms with E-state index in [0.717, 1.165) is 18.0 Å². The van der Waals surface area contributed by atoms with Crippen LogP contribution in [0.1, 0.15) is 11.3 Å². The van der Waals surface area contributed by atoms with Gasteiger partial charge in [0.25, 0.3) is 0 Å². The minimum atomic E-state index is 0.608. The SMILES string of the molecule is CNCc1ccc(OCc2ccsc2)cn1. The van der Waals surface area contributed by atoms with E-state index in [1.807, 2.05) is 24.6 Å². The van der Waals surface area contributed by atoms with Crippen molar-refractivity contribution in [3.63, 3.8) is 0 Å². The molecule has 0 radical (unpaired) electrons. The van der Waals surface area contributed by atoms with Crippen molar-refractivity contribution >= 4 is 11.3 Å². The maximum Gasteiger partial charge on any atom is 0.138 e. The zero-order valence-corrected chi connectivity index (χ0v) is 9.96. The quantitative estimate of drug-likeness (QED) is 0.862. The second-order valence-corrected chi connectivity index (χ2v) is 4.22. The summed E-state index contributed by atoms with van der Waals surface area (Å²) >= 11 is 1.68. The molecule has 16 heavy (non-hydrogen) atoms. The summed E-state index contributed by atoms with van der Waals surface area (Å²) in [6.45, 7) is 1.39. The molecule has 0 bridgehead atoms. The molecule has 0 atom stereocenters. The van der Waals surface area contributed by atoms with E-state index in [2.05, 4.69) is 21.7 Å². The lowest BCUT2D eigenvalue weighted by atomic mass is 10.3. The summed E-state index contributed by atoms with van der Waals surface area (Å²) in [6.07, 6.45) is 1.76. The van der Waals surface area contributed by atoms with Crippen LogP contribution in [0.3, 0.4) is 0 Å². The van der Waals surface area contributed by atoms with Crippen molar-refractivity contribution in [3.8, 4) is 5.75 Å². The number of hydrogen-bond acceptors (Lipinski definition) is 4. The van der Waals surface area contributed by atoms with Crippen molar-refractivity contribution in [2.24, 2.45) is 0 Å². The van der Waals surface area contributed by atoms with Crippen molar-refractivity contribution in [3.05, 3.63) is 46.4 Å². The molecule has 0 aromatic carbocycles. The van der Waals surface area contributed by atoms with Gasteiger partial charge in [0.15, 0.2) is 0 Å². The fourth-order valence-corrected chi connectivity index (χ4v) is 1.98. The van der Waals surface area contributed by atoms with Gasteiger partial charge < -0.3 is 10.1 Å². The van der Waals surface area contributed by atoms with E-state index in [0.29, 0.717) is 6.61 Å². The summed E-state index contributed by atoms with van der Waals surface area (Å²) in [5.41, 5.74) is 2.22. The van der Waals surface area contributed by atoms with E-state index in [4.69, 9.17) is 4.74 Å². The third-order valence-corrected chi connectivity index (χ3v) is 2.87. The Morgan fingerprint density at radius 2 is 2.31 bits per heavy atom. The van der Waals surface area contributed by atoms with Gasteiger partial charge in [0.05, 0.1) is 11.9 Å². The lowest BCUT2D eigenvalue weighted by Gasteiger charge is -2.05. The maximum atomic E-state index is 5.61. The van der Waals surface area contributed by atoms with Gasteiger partial charge in [0, 0.05) is 6.54 Å². The van der Waals surface area contributed by atoms with Crippen LogP contribution in [0.5, 0.6) is 5.75 Å². The van der Waals surface area contributed by atoms with E-state index in [9.17, 15) is 0 Å². The molecule has 4 heteroatoms. The van der Waals surface area contributed by atoms with Crippen LogP contribution in [0.25, 0.3) is 0 Å². The molecule has 84 valence electrons. The monoisotopic (exact) mass is 234 g/mol. The van der Waals surface area contributed by atoms with E-state index in [1.165, 1.54) is 5.56 Å².